The Hall–Kier alpha value is -6.64. The quantitative estimate of drug-likeness (QED) is 0.169. The summed E-state index contributed by atoms with van der Waals surface area (Å²) in [7, 11) is 0. The summed E-state index contributed by atoms with van der Waals surface area (Å²) in [5.74, 6) is 0. The summed E-state index contributed by atoms with van der Waals surface area (Å²) < 4.78 is 2.42. The van der Waals surface area contributed by atoms with Crippen molar-refractivity contribution in [3.8, 4) is 39.1 Å². The summed E-state index contributed by atoms with van der Waals surface area (Å²) in [6.45, 7) is 0. The first-order valence-electron chi connectivity index (χ1n) is 17.1. The Morgan fingerprint density at radius 2 is 0.720 bits per heavy atom. The Morgan fingerprint density at radius 1 is 0.280 bits per heavy atom. The van der Waals surface area contributed by atoms with Crippen molar-refractivity contribution in [2.75, 3.05) is 4.90 Å². The number of hydrogen-bond donors (Lipinski definition) is 0. The van der Waals surface area contributed by atoms with Crippen LogP contribution in [0.15, 0.2) is 206 Å². The van der Waals surface area contributed by atoms with E-state index >= 15 is 0 Å². The zero-order chi connectivity index (χ0) is 33.3. The van der Waals surface area contributed by atoms with E-state index in [0.717, 1.165) is 28.3 Å². The predicted molar refractivity (Wildman–Crippen MR) is 212 cm³/mol. The maximum Gasteiger partial charge on any atom is 0.0561 e. The fourth-order valence-electron chi connectivity index (χ4n) is 7.13. The van der Waals surface area contributed by atoms with Crippen molar-refractivity contribution in [1.29, 1.82) is 0 Å². The van der Waals surface area contributed by atoms with Crippen molar-refractivity contribution in [2.24, 2.45) is 0 Å². The van der Waals surface area contributed by atoms with Crippen LogP contribution in [0.1, 0.15) is 0 Å². The van der Waals surface area contributed by atoms with Crippen LogP contribution in [0.25, 0.3) is 60.9 Å². The third-order valence-electron chi connectivity index (χ3n) is 9.59. The number of fused-ring (bicyclic) bond motifs is 3. The first-order chi connectivity index (χ1) is 24.8. The van der Waals surface area contributed by atoms with Gasteiger partial charge in [-0.05, 0) is 94.0 Å². The minimum Gasteiger partial charge on any atom is -0.310 e. The fraction of sp³-hybridized carbons (Fsp3) is 0. The molecule has 50 heavy (non-hydrogen) atoms. The minimum atomic E-state index is 1.10. The van der Waals surface area contributed by atoms with Crippen molar-refractivity contribution in [2.45, 2.75) is 0 Å². The van der Waals surface area contributed by atoms with Crippen LogP contribution in [-0.2, 0) is 0 Å². The van der Waals surface area contributed by atoms with Crippen LogP contribution in [-0.4, -0.2) is 4.57 Å². The monoisotopic (exact) mass is 638 g/mol. The summed E-state index contributed by atoms with van der Waals surface area (Å²) in [5.41, 5.74) is 14.1. The molecular weight excluding hydrogens is 605 g/mol. The van der Waals surface area contributed by atoms with Gasteiger partial charge in [-0.3, -0.25) is 0 Å². The molecule has 0 aliphatic rings. The van der Waals surface area contributed by atoms with E-state index in [4.69, 9.17) is 0 Å². The molecule has 1 heterocycles. The van der Waals surface area contributed by atoms with Gasteiger partial charge in [-0.15, -0.1) is 0 Å². The molecule has 0 unspecified atom stereocenters. The van der Waals surface area contributed by atoms with E-state index in [-0.39, 0.29) is 0 Å². The van der Waals surface area contributed by atoms with Crippen LogP contribution in [0.3, 0.4) is 0 Å². The van der Waals surface area contributed by atoms with Gasteiger partial charge in [0.2, 0.25) is 0 Å². The lowest BCUT2D eigenvalue weighted by Gasteiger charge is -2.26. The van der Waals surface area contributed by atoms with Gasteiger partial charge in [0, 0.05) is 33.5 Å². The van der Waals surface area contributed by atoms with Crippen LogP contribution in [0.4, 0.5) is 17.1 Å². The van der Waals surface area contributed by atoms with E-state index < -0.39 is 0 Å². The van der Waals surface area contributed by atoms with E-state index in [9.17, 15) is 0 Å². The van der Waals surface area contributed by atoms with Crippen LogP contribution >= 0.6 is 0 Å². The maximum atomic E-state index is 2.42. The molecule has 0 saturated carbocycles. The number of anilines is 3. The molecular formula is C48H34N2. The van der Waals surface area contributed by atoms with E-state index in [1.807, 2.05) is 0 Å². The molecule has 0 atom stereocenters. The number of nitrogens with zero attached hydrogens (tertiary/aromatic N) is 2. The second-order valence-corrected chi connectivity index (χ2v) is 12.6. The lowest BCUT2D eigenvalue weighted by atomic mass is 10.0. The van der Waals surface area contributed by atoms with Crippen molar-refractivity contribution in [3.63, 3.8) is 0 Å². The van der Waals surface area contributed by atoms with Gasteiger partial charge in [-0.2, -0.15) is 0 Å². The maximum absolute atomic E-state index is 2.42. The van der Waals surface area contributed by atoms with Gasteiger partial charge in [0.1, 0.15) is 0 Å². The van der Waals surface area contributed by atoms with E-state index in [1.54, 1.807) is 0 Å². The van der Waals surface area contributed by atoms with Gasteiger partial charge >= 0.3 is 0 Å². The highest BCUT2D eigenvalue weighted by molar-refractivity contribution is 6.11. The van der Waals surface area contributed by atoms with Gasteiger partial charge in [0.05, 0.1) is 11.0 Å². The summed E-state index contributed by atoms with van der Waals surface area (Å²) in [4.78, 5) is 2.35. The molecule has 0 radical (unpaired) electrons. The predicted octanol–water partition coefficient (Wildman–Crippen LogP) is 13.3. The molecule has 9 rings (SSSR count). The van der Waals surface area contributed by atoms with Crippen LogP contribution in [0.5, 0.6) is 0 Å². The second-order valence-electron chi connectivity index (χ2n) is 12.6. The number of para-hydroxylation sites is 1. The van der Waals surface area contributed by atoms with Crippen molar-refractivity contribution in [3.05, 3.63) is 206 Å². The van der Waals surface area contributed by atoms with Gasteiger partial charge < -0.3 is 9.47 Å². The Labute approximate surface area is 292 Å². The van der Waals surface area contributed by atoms with Crippen molar-refractivity contribution in [1.82, 2.24) is 4.57 Å². The minimum absolute atomic E-state index is 1.10. The molecule has 1 aromatic heterocycles. The van der Waals surface area contributed by atoms with Crippen molar-refractivity contribution >= 4 is 38.9 Å². The van der Waals surface area contributed by atoms with Crippen LogP contribution < -0.4 is 4.90 Å². The van der Waals surface area contributed by atoms with E-state index in [0.29, 0.717) is 0 Å². The molecule has 2 nitrogen and oxygen atoms in total. The molecule has 0 fully saturated rings. The SMILES string of the molecule is c1ccc(-c2ccc(N(c3ccccc3)c3ccc4c5cc(-c6ccccc6)ccc5n(-c5ccc(-c6ccccc6)cc5)c4c3)cc2)cc1. The third-order valence-corrected chi connectivity index (χ3v) is 9.59. The highest BCUT2D eigenvalue weighted by Crippen LogP contribution is 2.41. The van der Waals surface area contributed by atoms with Gasteiger partial charge in [-0.25, -0.2) is 0 Å². The Bertz CT molecular complexity index is 2540. The lowest BCUT2D eigenvalue weighted by molar-refractivity contribution is 1.18. The first kappa shape index (κ1) is 29.5. The number of benzene rings is 8. The standard InChI is InChI=1S/C48H34N2/c1-5-13-35(14-6-1)38-21-26-42(27-22-38)49(41-19-11-4-12-20-41)44-30-31-45-46-33-40(37-17-9-3-10-18-37)25-32-47(46)50(48(45)34-44)43-28-23-39(24-29-43)36-15-7-2-8-16-36/h1-34H. The molecule has 2 heteroatoms. The molecule has 0 aliphatic heterocycles. The molecule has 0 N–H and O–H groups in total. The normalized spacial score (nSPS) is 11.2. The number of aromatic nitrogens is 1. The zero-order valence-electron chi connectivity index (χ0n) is 27.5. The lowest BCUT2D eigenvalue weighted by Crippen LogP contribution is -2.10. The van der Waals surface area contributed by atoms with Crippen LogP contribution in [0.2, 0.25) is 0 Å². The number of hydrogen-bond acceptors (Lipinski definition) is 1. The summed E-state index contributed by atoms with van der Waals surface area (Å²) >= 11 is 0. The molecule has 236 valence electrons. The second kappa shape index (κ2) is 12.8. The molecule has 8 aromatic carbocycles. The summed E-state index contributed by atoms with van der Waals surface area (Å²) in [5, 5.41) is 2.46. The summed E-state index contributed by atoms with van der Waals surface area (Å²) in [6.07, 6.45) is 0. The molecule has 0 saturated heterocycles. The third kappa shape index (κ3) is 5.43. The van der Waals surface area contributed by atoms with Gasteiger partial charge in [-0.1, -0.05) is 146 Å². The zero-order valence-corrected chi connectivity index (χ0v) is 27.5. The molecule has 0 spiro atoms. The highest BCUT2D eigenvalue weighted by atomic mass is 15.1. The molecule has 0 aliphatic carbocycles. The van der Waals surface area contributed by atoms with Gasteiger partial charge in [0.25, 0.3) is 0 Å². The van der Waals surface area contributed by atoms with E-state index in [1.165, 1.54) is 49.7 Å². The average molecular weight is 639 g/mol. The number of rotatable bonds is 7. The highest BCUT2D eigenvalue weighted by Gasteiger charge is 2.18. The van der Waals surface area contributed by atoms with Crippen molar-refractivity contribution < 1.29 is 0 Å². The van der Waals surface area contributed by atoms with Crippen LogP contribution in [0, 0.1) is 0 Å². The van der Waals surface area contributed by atoms with E-state index in [2.05, 4.69) is 216 Å². The Balaban J connectivity index is 1.23. The molecule has 9 aromatic rings. The Morgan fingerprint density at radius 3 is 1.30 bits per heavy atom. The summed E-state index contributed by atoms with van der Waals surface area (Å²) in [6, 6.07) is 74.0. The smallest absolute Gasteiger partial charge is 0.0561 e. The molecule has 0 amide bonds. The largest absolute Gasteiger partial charge is 0.310 e. The topological polar surface area (TPSA) is 8.17 Å². The van der Waals surface area contributed by atoms with Gasteiger partial charge in [0.15, 0.2) is 0 Å². The first-order valence-corrected chi connectivity index (χ1v) is 17.1. The Kier molecular flexibility index (Phi) is 7.53. The average Bonchev–Trinajstić information content (AvgIpc) is 3.53. The fourth-order valence-corrected chi connectivity index (χ4v) is 7.13. The molecule has 0 bridgehead atoms.